The van der Waals surface area contributed by atoms with Crippen molar-refractivity contribution >= 4 is 0 Å². The third kappa shape index (κ3) is 2.14. The number of nitrogens with zero attached hydrogens (tertiary/aromatic N) is 3. The largest absolute Gasteiger partial charge is 0.378 e. The highest BCUT2D eigenvalue weighted by Gasteiger charge is 2.25. The van der Waals surface area contributed by atoms with Crippen LogP contribution >= 0.6 is 0 Å². The minimum atomic E-state index is 0.228. The molecule has 0 radical (unpaired) electrons. The lowest BCUT2D eigenvalue weighted by molar-refractivity contribution is 0.109. The number of rotatable bonds is 3. The number of aryl methyl sites for hydroxylation is 1. The van der Waals surface area contributed by atoms with Crippen molar-refractivity contribution in [2.75, 3.05) is 6.61 Å². The Bertz CT molecular complexity index is 599. The summed E-state index contributed by atoms with van der Waals surface area (Å²) in [5.74, 6) is 2.15. The summed E-state index contributed by atoms with van der Waals surface area (Å²) in [6.45, 7) is 0.839. The van der Waals surface area contributed by atoms with E-state index in [9.17, 15) is 0 Å². The maximum atomic E-state index is 5.59. The number of ether oxygens (including phenoxy) is 1. The fraction of sp³-hybridized carbons (Fsp3) is 0.643. The summed E-state index contributed by atoms with van der Waals surface area (Å²) >= 11 is 0. The molecule has 0 saturated carbocycles. The molecule has 3 heterocycles. The molecule has 4 rings (SSSR count). The molecular weight excluding hydrogens is 258 g/mol. The van der Waals surface area contributed by atoms with Gasteiger partial charge in [-0.25, -0.2) is 0 Å². The Morgan fingerprint density at radius 3 is 2.90 bits per heavy atom. The molecule has 2 aromatic rings. The van der Waals surface area contributed by atoms with Gasteiger partial charge in [0.25, 0.3) is 5.89 Å². The van der Waals surface area contributed by atoms with E-state index < -0.39 is 0 Å². The second-order valence-corrected chi connectivity index (χ2v) is 5.49. The third-order valence-corrected chi connectivity index (χ3v) is 4.06. The van der Waals surface area contributed by atoms with Gasteiger partial charge in [-0.1, -0.05) is 10.3 Å². The minimum Gasteiger partial charge on any atom is -0.378 e. The molecule has 0 spiro atoms. The average molecular weight is 275 g/mol. The topological polar surface area (TPSA) is 74.2 Å². The van der Waals surface area contributed by atoms with Crippen LogP contribution in [0.15, 0.2) is 9.05 Å². The molecule has 1 saturated heterocycles. The Morgan fingerprint density at radius 1 is 1.05 bits per heavy atom. The van der Waals surface area contributed by atoms with E-state index in [4.69, 9.17) is 13.8 Å². The summed E-state index contributed by atoms with van der Waals surface area (Å²) in [5.41, 5.74) is 1.87. The van der Waals surface area contributed by atoms with E-state index in [0.29, 0.717) is 18.1 Å². The summed E-state index contributed by atoms with van der Waals surface area (Å²) in [5, 5.41) is 8.15. The maximum Gasteiger partial charge on any atom is 0.280 e. The Hall–Kier alpha value is -1.69. The first-order valence-corrected chi connectivity index (χ1v) is 7.32. The highest BCUT2D eigenvalue weighted by atomic mass is 16.5. The van der Waals surface area contributed by atoms with Crippen molar-refractivity contribution in [3.8, 4) is 11.6 Å². The smallest absolute Gasteiger partial charge is 0.280 e. The van der Waals surface area contributed by atoms with Crippen LogP contribution in [0, 0.1) is 0 Å². The molecule has 2 aromatic heterocycles. The van der Waals surface area contributed by atoms with Gasteiger partial charge >= 0.3 is 0 Å². The van der Waals surface area contributed by atoms with E-state index in [0.717, 1.165) is 62.1 Å². The Kier molecular flexibility index (Phi) is 3.03. The zero-order valence-corrected chi connectivity index (χ0v) is 11.3. The highest BCUT2D eigenvalue weighted by molar-refractivity contribution is 5.53. The van der Waals surface area contributed by atoms with E-state index in [1.807, 2.05) is 0 Å². The maximum absolute atomic E-state index is 5.59. The van der Waals surface area contributed by atoms with Crippen LogP contribution in [0.2, 0.25) is 0 Å². The van der Waals surface area contributed by atoms with Gasteiger partial charge in [-0.05, 0) is 32.1 Å². The Labute approximate surface area is 116 Å². The lowest BCUT2D eigenvalue weighted by atomic mass is 9.96. The predicted molar refractivity (Wildman–Crippen MR) is 69.1 cm³/mol. The summed E-state index contributed by atoms with van der Waals surface area (Å²) in [4.78, 5) is 4.44. The van der Waals surface area contributed by atoms with Crippen molar-refractivity contribution in [2.45, 2.75) is 51.0 Å². The van der Waals surface area contributed by atoms with Crippen LogP contribution in [0.1, 0.15) is 42.8 Å². The summed E-state index contributed by atoms with van der Waals surface area (Å²) in [6.07, 6.45) is 7.40. The Balaban J connectivity index is 1.56. The number of fused-ring (bicyclic) bond motifs is 1. The van der Waals surface area contributed by atoms with Crippen LogP contribution in [0.3, 0.4) is 0 Å². The lowest BCUT2D eigenvalue weighted by Crippen LogP contribution is -2.09. The zero-order chi connectivity index (χ0) is 13.4. The first kappa shape index (κ1) is 12.1. The fourth-order valence-electron chi connectivity index (χ4n) is 2.99. The molecule has 20 heavy (non-hydrogen) atoms. The van der Waals surface area contributed by atoms with Gasteiger partial charge in [0, 0.05) is 25.0 Å². The van der Waals surface area contributed by atoms with E-state index in [-0.39, 0.29) is 6.10 Å². The molecule has 2 aliphatic rings. The van der Waals surface area contributed by atoms with E-state index in [1.54, 1.807) is 0 Å². The molecule has 0 bridgehead atoms. The number of hydrogen-bond donors (Lipinski definition) is 0. The Morgan fingerprint density at radius 2 is 2.00 bits per heavy atom. The van der Waals surface area contributed by atoms with Gasteiger partial charge in [0.1, 0.15) is 5.76 Å². The fourth-order valence-corrected chi connectivity index (χ4v) is 2.99. The molecule has 0 aromatic carbocycles. The zero-order valence-electron chi connectivity index (χ0n) is 11.3. The monoisotopic (exact) mass is 275 g/mol. The van der Waals surface area contributed by atoms with E-state index >= 15 is 0 Å². The molecule has 6 heteroatoms. The van der Waals surface area contributed by atoms with Gasteiger partial charge in [0.05, 0.1) is 6.10 Å². The van der Waals surface area contributed by atoms with Crippen LogP contribution in [0.5, 0.6) is 0 Å². The second kappa shape index (κ2) is 5.01. The molecule has 106 valence electrons. The molecule has 1 fully saturated rings. The second-order valence-electron chi connectivity index (χ2n) is 5.49. The van der Waals surface area contributed by atoms with Crippen LogP contribution in [-0.2, 0) is 24.0 Å². The van der Waals surface area contributed by atoms with Crippen molar-refractivity contribution in [1.82, 2.24) is 15.3 Å². The standard InChI is InChI=1S/C14H17N3O3/c1-2-6-11-10(5-1)13(17-19-11)14-15-12(16-20-14)8-9-4-3-7-18-9/h9H,1-8H2. The number of aromatic nitrogens is 3. The normalized spacial score (nSPS) is 22.1. The first-order valence-electron chi connectivity index (χ1n) is 7.32. The first-order chi connectivity index (χ1) is 9.90. The van der Waals surface area contributed by atoms with Gasteiger partial charge in [-0.2, -0.15) is 4.98 Å². The molecule has 1 atom stereocenters. The average Bonchev–Trinajstić information content (AvgIpc) is 3.18. The summed E-state index contributed by atoms with van der Waals surface area (Å²) in [6, 6.07) is 0. The molecule has 0 amide bonds. The predicted octanol–water partition coefficient (Wildman–Crippen LogP) is 2.32. The van der Waals surface area contributed by atoms with Gasteiger partial charge in [0.15, 0.2) is 11.5 Å². The molecule has 0 N–H and O–H groups in total. The molecule has 1 aliphatic heterocycles. The SMILES string of the molecule is C1CCc2c(-c3nc(CC4CCCO4)no3)noc2C1. The quantitative estimate of drug-likeness (QED) is 0.855. The van der Waals surface area contributed by atoms with Crippen molar-refractivity contribution in [3.05, 3.63) is 17.1 Å². The lowest BCUT2D eigenvalue weighted by Gasteiger charge is -2.07. The van der Waals surface area contributed by atoms with Crippen LogP contribution in [-0.4, -0.2) is 28.0 Å². The minimum absolute atomic E-state index is 0.228. The van der Waals surface area contributed by atoms with Crippen LogP contribution < -0.4 is 0 Å². The van der Waals surface area contributed by atoms with Crippen molar-refractivity contribution in [3.63, 3.8) is 0 Å². The van der Waals surface area contributed by atoms with Crippen molar-refractivity contribution in [1.29, 1.82) is 0 Å². The van der Waals surface area contributed by atoms with Crippen molar-refractivity contribution in [2.24, 2.45) is 0 Å². The number of hydrogen-bond acceptors (Lipinski definition) is 6. The highest BCUT2D eigenvalue weighted by Crippen LogP contribution is 2.30. The van der Waals surface area contributed by atoms with Gasteiger partial charge < -0.3 is 13.8 Å². The van der Waals surface area contributed by atoms with Crippen molar-refractivity contribution < 1.29 is 13.8 Å². The van der Waals surface area contributed by atoms with E-state index in [1.165, 1.54) is 0 Å². The molecule has 1 aliphatic carbocycles. The van der Waals surface area contributed by atoms with Gasteiger partial charge in [-0.3, -0.25) is 0 Å². The molecule has 1 unspecified atom stereocenters. The summed E-state index contributed by atoms with van der Waals surface area (Å²) in [7, 11) is 0. The third-order valence-electron chi connectivity index (χ3n) is 4.06. The molecular formula is C14H17N3O3. The van der Waals surface area contributed by atoms with Crippen LogP contribution in [0.4, 0.5) is 0 Å². The van der Waals surface area contributed by atoms with Gasteiger partial charge in [-0.15, -0.1) is 0 Å². The van der Waals surface area contributed by atoms with Crippen LogP contribution in [0.25, 0.3) is 11.6 Å². The van der Waals surface area contributed by atoms with E-state index in [2.05, 4.69) is 15.3 Å². The molecule has 6 nitrogen and oxygen atoms in total. The van der Waals surface area contributed by atoms with Gasteiger partial charge in [0.2, 0.25) is 0 Å². The summed E-state index contributed by atoms with van der Waals surface area (Å²) < 4.78 is 16.3.